The first-order valence-electron chi connectivity index (χ1n) is 4.75. The predicted octanol–water partition coefficient (Wildman–Crippen LogP) is 2.47. The van der Waals surface area contributed by atoms with Gasteiger partial charge in [0.1, 0.15) is 11.6 Å². The van der Waals surface area contributed by atoms with Crippen molar-refractivity contribution in [2.45, 2.75) is 13.0 Å². The van der Waals surface area contributed by atoms with Gasteiger partial charge in [-0.1, -0.05) is 0 Å². The lowest BCUT2D eigenvalue weighted by atomic mass is 10.1. The van der Waals surface area contributed by atoms with Crippen LogP contribution in [0.2, 0.25) is 0 Å². The number of thiazole rings is 1. The van der Waals surface area contributed by atoms with Crippen LogP contribution >= 0.6 is 11.3 Å². The summed E-state index contributed by atoms with van der Waals surface area (Å²) in [7, 11) is 0. The van der Waals surface area contributed by atoms with Crippen molar-refractivity contribution in [3.05, 3.63) is 51.5 Å². The molecule has 0 saturated heterocycles. The number of aromatic nitrogens is 1. The summed E-state index contributed by atoms with van der Waals surface area (Å²) in [5.41, 5.74) is 6.81. The molecule has 5 heteroatoms. The van der Waals surface area contributed by atoms with Gasteiger partial charge in [0.15, 0.2) is 0 Å². The average Bonchev–Trinajstić information content (AvgIpc) is 2.64. The molecule has 0 aliphatic heterocycles. The Labute approximate surface area is 95.7 Å². The van der Waals surface area contributed by atoms with Crippen LogP contribution in [0.1, 0.15) is 16.3 Å². The summed E-state index contributed by atoms with van der Waals surface area (Å²) in [4.78, 5) is 4.23. The van der Waals surface area contributed by atoms with Gasteiger partial charge >= 0.3 is 0 Å². The highest BCUT2D eigenvalue weighted by atomic mass is 32.1. The molecule has 0 aliphatic rings. The second-order valence-corrected chi connectivity index (χ2v) is 4.33. The standard InChI is InChI=1S/C11H10F2N2S/c12-8-1-7(2-9(13)4-8)3-11-15-10(5-14)6-16-11/h1-2,4,6H,3,5,14H2. The fourth-order valence-corrected chi connectivity index (χ4v) is 2.25. The van der Waals surface area contributed by atoms with Crippen molar-refractivity contribution in [1.29, 1.82) is 0 Å². The van der Waals surface area contributed by atoms with Gasteiger partial charge in [-0.25, -0.2) is 13.8 Å². The topological polar surface area (TPSA) is 38.9 Å². The van der Waals surface area contributed by atoms with E-state index < -0.39 is 11.6 Å². The Morgan fingerprint density at radius 1 is 1.19 bits per heavy atom. The van der Waals surface area contributed by atoms with E-state index in [4.69, 9.17) is 5.73 Å². The molecular formula is C11H10F2N2S. The van der Waals surface area contributed by atoms with E-state index in [1.54, 1.807) is 0 Å². The minimum Gasteiger partial charge on any atom is -0.325 e. The van der Waals surface area contributed by atoms with Gasteiger partial charge in [-0.05, 0) is 17.7 Å². The smallest absolute Gasteiger partial charge is 0.126 e. The maximum atomic E-state index is 12.9. The molecule has 0 bridgehead atoms. The third-order valence-electron chi connectivity index (χ3n) is 2.09. The summed E-state index contributed by atoms with van der Waals surface area (Å²) in [6.07, 6.45) is 0.430. The largest absolute Gasteiger partial charge is 0.325 e. The maximum absolute atomic E-state index is 12.9. The Hall–Kier alpha value is -1.33. The monoisotopic (exact) mass is 240 g/mol. The molecule has 2 nitrogen and oxygen atoms in total. The van der Waals surface area contributed by atoms with Crippen molar-refractivity contribution in [3.8, 4) is 0 Å². The predicted molar refractivity (Wildman–Crippen MR) is 59.2 cm³/mol. The zero-order chi connectivity index (χ0) is 11.5. The number of nitrogens with two attached hydrogens (primary N) is 1. The van der Waals surface area contributed by atoms with Gasteiger partial charge in [0.05, 0.1) is 10.7 Å². The van der Waals surface area contributed by atoms with Gasteiger partial charge in [-0.2, -0.15) is 0 Å². The Balaban J connectivity index is 2.19. The summed E-state index contributed by atoms with van der Waals surface area (Å²) < 4.78 is 25.9. The molecule has 0 radical (unpaired) electrons. The third-order valence-corrected chi connectivity index (χ3v) is 2.98. The normalized spacial score (nSPS) is 10.7. The Morgan fingerprint density at radius 2 is 1.88 bits per heavy atom. The molecule has 0 unspecified atom stereocenters. The number of benzene rings is 1. The maximum Gasteiger partial charge on any atom is 0.126 e. The van der Waals surface area contributed by atoms with Gasteiger partial charge < -0.3 is 5.73 Å². The molecule has 84 valence electrons. The highest BCUT2D eigenvalue weighted by Crippen LogP contribution is 2.16. The Morgan fingerprint density at radius 3 is 2.44 bits per heavy atom. The molecule has 1 aromatic heterocycles. The van der Waals surface area contributed by atoms with Crippen LogP contribution in [0.5, 0.6) is 0 Å². The van der Waals surface area contributed by atoms with Crippen molar-refractivity contribution in [3.63, 3.8) is 0 Å². The van der Waals surface area contributed by atoms with Crippen LogP contribution in [0.3, 0.4) is 0 Å². The van der Waals surface area contributed by atoms with E-state index in [9.17, 15) is 8.78 Å². The minimum atomic E-state index is -0.564. The van der Waals surface area contributed by atoms with Crippen molar-refractivity contribution < 1.29 is 8.78 Å². The molecule has 2 aromatic rings. The van der Waals surface area contributed by atoms with Gasteiger partial charge in [0, 0.05) is 24.4 Å². The lowest BCUT2D eigenvalue weighted by molar-refractivity contribution is 0.580. The first-order valence-corrected chi connectivity index (χ1v) is 5.63. The van der Waals surface area contributed by atoms with Gasteiger partial charge in [-0.3, -0.25) is 0 Å². The Bertz CT molecular complexity index is 476. The molecule has 1 aromatic carbocycles. The van der Waals surface area contributed by atoms with E-state index in [0.29, 0.717) is 18.5 Å². The lowest BCUT2D eigenvalue weighted by Gasteiger charge is -1.99. The summed E-state index contributed by atoms with van der Waals surface area (Å²) in [5, 5.41) is 2.66. The molecule has 0 aliphatic carbocycles. The van der Waals surface area contributed by atoms with Crippen molar-refractivity contribution in [2.75, 3.05) is 0 Å². The van der Waals surface area contributed by atoms with Crippen LogP contribution < -0.4 is 5.73 Å². The first-order chi connectivity index (χ1) is 7.67. The summed E-state index contributed by atoms with van der Waals surface area (Å²) in [5.74, 6) is -1.13. The summed E-state index contributed by atoms with van der Waals surface area (Å²) >= 11 is 1.44. The zero-order valence-electron chi connectivity index (χ0n) is 8.41. The highest BCUT2D eigenvalue weighted by molar-refractivity contribution is 7.09. The Kier molecular flexibility index (Phi) is 3.26. The second kappa shape index (κ2) is 4.67. The van der Waals surface area contributed by atoms with E-state index in [0.717, 1.165) is 16.8 Å². The molecular weight excluding hydrogens is 230 g/mol. The third kappa shape index (κ3) is 2.62. The average molecular weight is 240 g/mol. The molecule has 2 N–H and O–H groups in total. The van der Waals surface area contributed by atoms with Gasteiger partial charge in [0.25, 0.3) is 0 Å². The summed E-state index contributed by atoms with van der Waals surface area (Å²) in [6, 6.07) is 3.48. The van der Waals surface area contributed by atoms with Crippen molar-refractivity contribution in [2.24, 2.45) is 5.73 Å². The van der Waals surface area contributed by atoms with Crippen molar-refractivity contribution >= 4 is 11.3 Å². The number of rotatable bonds is 3. The summed E-state index contributed by atoms with van der Waals surface area (Å²) in [6.45, 7) is 0.383. The van der Waals surface area contributed by atoms with Gasteiger partial charge in [0.2, 0.25) is 0 Å². The van der Waals surface area contributed by atoms with E-state index in [-0.39, 0.29) is 0 Å². The van der Waals surface area contributed by atoms with Crippen LogP contribution in [-0.4, -0.2) is 4.98 Å². The number of nitrogens with zero attached hydrogens (tertiary/aromatic N) is 1. The van der Waals surface area contributed by atoms with E-state index in [1.165, 1.54) is 23.5 Å². The quantitative estimate of drug-likeness (QED) is 0.895. The zero-order valence-corrected chi connectivity index (χ0v) is 9.23. The van der Waals surface area contributed by atoms with Crippen LogP contribution in [0, 0.1) is 11.6 Å². The van der Waals surface area contributed by atoms with Crippen LogP contribution in [0.4, 0.5) is 8.78 Å². The first kappa shape index (κ1) is 11.2. The van der Waals surface area contributed by atoms with Crippen LogP contribution in [-0.2, 0) is 13.0 Å². The SMILES string of the molecule is NCc1csc(Cc2cc(F)cc(F)c2)n1. The second-order valence-electron chi connectivity index (χ2n) is 3.39. The fourth-order valence-electron chi connectivity index (χ4n) is 1.41. The van der Waals surface area contributed by atoms with E-state index in [2.05, 4.69) is 4.98 Å². The van der Waals surface area contributed by atoms with Gasteiger partial charge in [-0.15, -0.1) is 11.3 Å². The molecule has 0 atom stereocenters. The van der Waals surface area contributed by atoms with Crippen LogP contribution in [0.25, 0.3) is 0 Å². The van der Waals surface area contributed by atoms with E-state index >= 15 is 0 Å². The number of hydrogen-bond donors (Lipinski definition) is 1. The molecule has 1 heterocycles. The van der Waals surface area contributed by atoms with Crippen molar-refractivity contribution in [1.82, 2.24) is 4.98 Å². The van der Waals surface area contributed by atoms with E-state index in [1.807, 2.05) is 5.38 Å². The number of halogens is 2. The molecule has 0 amide bonds. The van der Waals surface area contributed by atoms with Crippen LogP contribution in [0.15, 0.2) is 23.6 Å². The highest BCUT2D eigenvalue weighted by Gasteiger charge is 2.05. The number of hydrogen-bond acceptors (Lipinski definition) is 3. The minimum absolute atomic E-state index is 0.383. The molecule has 2 rings (SSSR count). The molecule has 0 fully saturated rings. The molecule has 0 saturated carbocycles. The fraction of sp³-hybridized carbons (Fsp3) is 0.182. The molecule has 16 heavy (non-hydrogen) atoms. The lowest BCUT2D eigenvalue weighted by Crippen LogP contribution is -1.97. The molecule has 0 spiro atoms.